The number of carboxylic acids is 1. The lowest BCUT2D eigenvalue weighted by molar-refractivity contribution is -0.945. The maximum Gasteiger partial charge on any atom is 0.132 e. The van der Waals surface area contributed by atoms with Crippen molar-refractivity contribution in [1.29, 1.82) is 0 Å². The van der Waals surface area contributed by atoms with Gasteiger partial charge in [0.2, 0.25) is 0 Å². The number of hydrogen-bond donors (Lipinski definition) is 1. The molecular weight excluding hydrogens is 180 g/mol. The summed E-state index contributed by atoms with van der Waals surface area (Å²) in [5, 5.41) is 10.9. The van der Waals surface area contributed by atoms with Gasteiger partial charge in [-0.25, -0.2) is 0 Å². The van der Waals surface area contributed by atoms with Crippen LogP contribution in [0.2, 0.25) is 0 Å². The quantitative estimate of drug-likeness (QED) is 0.559. The Morgan fingerprint density at radius 2 is 1.93 bits per heavy atom. The first-order chi connectivity index (χ1) is 6.48. The van der Waals surface area contributed by atoms with Crippen molar-refractivity contribution in [3.8, 4) is 0 Å². The topological polar surface area (TPSA) is 47.8 Å². The van der Waals surface area contributed by atoms with Crippen molar-refractivity contribution in [2.45, 2.75) is 26.3 Å². The van der Waals surface area contributed by atoms with Gasteiger partial charge in [-0.2, -0.15) is 0 Å². The predicted octanol–water partition coefficient (Wildman–Crippen LogP) is -2.26. The molecule has 1 heterocycles. The van der Waals surface area contributed by atoms with Crippen LogP contribution in [0.15, 0.2) is 0 Å². The molecule has 1 aliphatic heterocycles. The molecule has 1 saturated heterocycles. The Labute approximate surface area is 85.5 Å². The lowest BCUT2D eigenvalue weighted by Crippen LogP contribution is -3.23. The summed E-state index contributed by atoms with van der Waals surface area (Å²) in [7, 11) is 0. The van der Waals surface area contributed by atoms with Crippen LogP contribution >= 0.6 is 0 Å². The van der Waals surface area contributed by atoms with Crippen LogP contribution in [0, 0.1) is 0 Å². The number of nitrogens with one attached hydrogen (secondary N) is 1. The molecule has 0 atom stereocenters. The fourth-order valence-corrected chi connectivity index (χ4v) is 1.91. The highest BCUT2D eigenvalue weighted by Crippen LogP contribution is 1.97. The van der Waals surface area contributed by atoms with Crippen molar-refractivity contribution < 1.29 is 14.8 Å². The number of aliphatic carboxylic acids is 1. The monoisotopic (exact) mass is 200 g/mol. The van der Waals surface area contributed by atoms with Crippen LogP contribution in [0.5, 0.6) is 0 Å². The molecule has 0 aromatic carbocycles. The molecule has 0 saturated carbocycles. The summed E-state index contributed by atoms with van der Waals surface area (Å²) in [5.41, 5.74) is -0.750. The SMILES string of the molecule is CCN1CC[NH+](C(C)(C)C(=O)[O-])CC1. The number of carboxylic acid groups (broad SMARTS) is 1. The van der Waals surface area contributed by atoms with Gasteiger partial charge in [0.25, 0.3) is 0 Å². The first-order valence-corrected chi connectivity index (χ1v) is 5.27. The van der Waals surface area contributed by atoms with Gasteiger partial charge < -0.3 is 14.8 Å². The molecule has 14 heavy (non-hydrogen) atoms. The summed E-state index contributed by atoms with van der Waals surface area (Å²) < 4.78 is 0. The van der Waals surface area contributed by atoms with Gasteiger partial charge in [0.15, 0.2) is 0 Å². The third-order valence-corrected chi connectivity index (χ3v) is 3.30. The Hall–Kier alpha value is -0.610. The summed E-state index contributed by atoms with van der Waals surface area (Å²) >= 11 is 0. The fourth-order valence-electron chi connectivity index (χ4n) is 1.91. The third kappa shape index (κ3) is 2.25. The summed E-state index contributed by atoms with van der Waals surface area (Å²) in [5.74, 6) is -0.947. The summed E-state index contributed by atoms with van der Waals surface area (Å²) in [6.45, 7) is 10.5. The minimum atomic E-state index is -0.947. The predicted molar refractivity (Wildman–Crippen MR) is 51.9 cm³/mol. The van der Waals surface area contributed by atoms with E-state index in [0.29, 0.717) is 0 Å². The van der Waals surface area contributed by atoms with E-state index < -0.39 is 11.5 Å². The van der Waals surface area contributed by atoms with Crippen molar-refractivity contribution >= 4 is 5.97 Å². The largest absolute Gasteiger partial charge is 0.544 e. The Kier molecular flexibility index (Phi) is 3.50. The molecule has 0 amide bonds. The molecule has 0 radical (unpaired) electrons. The van der Waals surface area contributed by atoms with E-state index in [1.807, 2.05) is 0 Å². The molecule has 4 heteroatoms. The highest BCUT2D eigenvalue weighted by atomic mass is 16.4. The van der Waals surface area contributed by atoms with Gasteiger partial charge in [-0.15, -0.1) is 0 Å². The van der Waals surface area contributed by atoms with Crippen LogP contribution in [-0.4, -0.2) is 49.1 Å². The van der Waals surface area contributed by atoms with Gasteiger partial charge in [-0.05, 0) is 20.4 Å². The number of rotatable bonds is 3. The minimum Gasteiger partial charge on any atom is -0.544 e. The Morgan fingerprint density at radius 1 is 1.43 bits per heavy atom. The number of likely N-dealkylation sites (N-methyl/N-ethyl adjacent to an activating group) is 1. The van der Waals surface area contributed by atoms with E-state index in [-0.39, 0.29) is 0 Å². The summed E-state index contributed by atoms with van der Waals surface area (Å²) in [6, 6.07) is 0. The van der Waals surface area contributed by atoms with Gasteiger partial charge in [0, 0.05) is 13.1 Å². The van der Waals surface area contributed by atoms with Gasteiger partial charge in [-0.1, -0.05) is 6.92 Å². The third-order valence-electron chi connectivity index (χ3n) is 3.30. The average Bonchev–Trinajstić information content (AvgIpc) is 2.17. The lowest BCUT2D eigenvalue weighted by Gasteiger charge is -2.41. The van der Waals surface area contributed by atoms with Crippen molar-refractivity contribution in [1.82, 2.24) is 4.90 Å². The fraction of sp³-hybridized carbons (Fsp3) is 0.900. The molecule has 1 fully saturated rings. The first kappa shape index (κ1) is 11.5. The molecule has 0 aliphatic carbocycles. The van der Waals surface area contributed by atoms with Crippen LogP contribution < -0.4 is 10.0 Å². The number of carbonyl (C=O) groups excluding carboxylic acids is 1. The smallest absolute Gasteiger partial charge is 0.132 e. The lowest BCUT2D eigenvalue weighted by atomic mass is 10.0. The van der Waals surface area contributed by atoms with Crippen LogP contribution in [-0.2, 0) is 4.79 Å². The van der Waals surface area contributed by atoms with E-state index in [1.54, 1.807) is 13.8 Å². The zero-order chi connectivity index (χ0) is 10.8. The number of quaternary nitrogens is 1. The molecule has 82 valence electrons. The Bertz CT molecular complexity index is 208. The molecule has 4 nitrogen and oxygen atoms in total. The minimum absolute atomic E-state index is 0.750. The highest BCUT2D eigenvalue weighted by molar-refractivity contribution is 5.73. The molecular formula is C10H20N2O2. The Balaban J connectivity index is 2.53. The van der Waals surface area contributed by atoms with Crippen molar-refractivity contribution in [2.24, 2.45) is 0 Å². The van der Waals surface area contributed by atoms with E-state index in [0.717, 1.165) is 37.6 Å². The zero-order valence-corrected chi connectivity index (χ0v) is 9.30. The second kappa shape index (κ2) is 4.28. The van der Waals surface area contributed by atoms with Crippen LogP contribution in [0.25, 0.3) is 0 Å². The standard InChI is InChI=1S/C10H20N2O2/c1-4-11-5-7-12(8-6-11)10(2,3)9(13)14/h4-8H2,1-3H3,(H,13,14). The van der Waals surface area contributed by atoms with Crippen molar-refractivity contribution in [3.05, 3.63) is 0 Å². The molecule has 0 aromatic rings. The van der Waals surface area contributed by atoms with E-state index in [2.05, 4.69) is 11.8 Å². The van der Waals surface area contributed by atoms with E-state index in [4.69, 9.17) is 0 Å². The molecule has 1 N–H and O–H groups in total. The number of carbonyl (C=O) groups is 1. The van der Waals surface area contributed by atoms with E-state index in [9.17, 15) is 9.90 Å². The summed E-state index contributed by atoms with van der Waals surface area (Å²) in [6.07, 6.45) is 0. The van der Waals surface area contributed by atoms with Crippen molar-refractivity contribution in [2.75, 3.05) is 32.7 Å². The molecule has 0 aromatic heterocycles. The van der Waals surface area contributed by atoms with Crippen LogP contribution in [0.3, 0.4) is 0 Å². The number of nitrogens with zero attached hydrogens (tertiary/aromatic N) is 1. The Morgan fingerprint density at radius 3 is 2.29 bits per heavy atom. The molecule has 1 aliphatic rings. The molecule has 0 bridgehead atoms. The second-order valence-corrected chi connectivity index (χ2v) is 4.45. The van der Waals surface area contributed by atoms with E-state index >= 15 is 0 Å². The molecule has 0 spiro atoms. The average molecular weight is 200 g/mol. The van der Waals surface area contributed by atoms with Gasteiger partial charge in [-0.3, -0.25) is 4.90 Å². The second-order valence-electron chi connectivity index (χ2n) is 4.45. The summed E-state index contributed by atoms with van der Waals surface area (Å²) in [4.78, 5) is 14.4. The van der Waals surface area contributed by atoms with E-state index in [1.165, 1.54) is 0 Å². The zero-order valence-electron chi connectivity index (χ0n) is 9.30. The number of hydrogen-bond acceptors (Lipinski definition) is 3. The van der Waals surface area contributed by atoms with Gasteiger partial charge >= 0.3 is 0 Å². The maximum atomic E-state index is 10.9. The normalized spacial score (nSPS) is 21.1. The number of piperazine rings is 1. The van der Waals surface area contributed by atoms with Gasteiger partial charge in [0.1, 0.15) is 11.5 Å². The van der Waals surface area contributed by atoms with Gasteiger partial charge in [0.05, 0.1) is 13.1 Å². The van der Waals surface area contributed by atoms with Crippen LogP contribution in [0.4, 0.5) is 0 Å². The van der Waals surface area contributed by atoms with Crippen molar-refractivity contribution in [3.63, 3.8) is 0 Å². The molecule has 0 unspecified atom stereocenters. The van der Waals surface area contributed by atoms with Crippen LogP contribution in [0.1, 0.15) is 20.8 Å². The first-order valence-electron chi connectivity index (χ1n) is 5.27. The maximum absolute atomic E-state index is 10.9. The highest BCUT2D eigenvalue weighted by Gasteiger charge is 2.34. The molecule has 1 rings (SSSR count).